The van der Waals surface area contributed by atoms with E-state index in [1.807, 2.05) is 0 Å². The Morgan fingerprint density at radius 3 is 2.28 bits per heavy atom. The second kappa shape index (κ2) is 7.49. The maximum Gasteiger partial charge on any atom is 0.303 e. The molecule has 5 heteroatoms. The number of hydrogen-bond donors (Lipinski definition) is 4. The molecule has 4 N–H and O–H groups in total. The van der Waals surface area contributed by atoms with Crippen LogP contribution < -0.4 is 0 Å². The summed E-state index contributed by atoms with van der Waals surface area (Å²) in [4.78, 5) is 11.1. The Bertz CT molecular complexity index is 637. The highest BCUT2D eigenvalue weighted by Gasteiger charge is 2.65. The summed E-state index contributed by atoms with van der Waals surface area (Å²) < 4.78 is 0. The molecule has 4 fully saturated rings. The van der Waals surface area contributed by atoms with Crippen LogP contribution in [0, 0.1) is 46.3 Å². The molecule has 4 aliphatic rings. The number of carboxylic acids is 1. The van der Waals surface area contributed by atoms with Gasteiger partial charge in [0.25, 0.3) is 0 Å². The van der Waals surface area contributed by atoms with Crippen LogP contribution in [0.3, 0.4) is 0 Å². The van der Waals surface area contributed by atoms with Crippen LogP contribution in [0.25, 0.3) is 0 Å². The van der Waals surface area contributed by atoms with Crippen molar-refractivity contribution in [3.05, 3.63) is 0 Å². The molecule has 4 aliphatic carbocycles. The van der Waals surface area contributed by atoms with E-state index in [4.69, 9.17) is 5.11 Å². The molecule has 166 valence electrons. The van der Waals surface area contributed by atoms with Crippen molar-refractivity contribution in [2.75, 3.05) is 0 Å². The number of carboxylic acid groups (broad SMARTS) is 1. The van der Waals surface area contributed by atoms with Crippen molar-refractivity contribution >= 4 is 5.97 Å². The zero-order valence-electron chi connectivity index (χ0n) is 18.3. The minimum atomic E-state index is -0.748. The third-order valence-electron chi connectivity index (χ3n) is 10.3. The van der Waals surface area contributed by atoms with E-state index < -0.39 is 18.2 Å². The van der Waals surface area contributed by atoms with Gasteiger partial charge in [-0.1, -0.05) is 20.8 Å². The van der Waals surface area contributed by atoms with Crippen LogP contribution in [0.1, 0.15) is 78.6 Å². The number of fused-ring (bicyclic) bond motifs is 5. The van der Waals surface area contributed by atoms with Gasteiger partial charge in [0, 0.05) is 6.42 Å². The molecular weight excluding hydrogens is 368 g/mol. The van der Waals surface area contributed by atoms with Crippen molar-refractivity contribution in [1.29, 1.82) is 0 Å². The second-order valence-electron chi connectivity index (χ2n) is 11.5. The van der Waals surface area contributed by atoms with Crippen LogP contribution in [0.15, 0.2) is 0 Å². The number of hydrogen-bond acceptors (Lipinski definition) is 4. The number of carbonyl (C=O) groups is 1. The monoisotopic (exact) mass is 408 g/mol. The first kappa shape index (κ1) is 21.6. The molecule has 0 spiro atoms. The van der Waals surface area contributed by atoms with Crippen molar-refractivity contribution in [1.82, 2.24) is 0 Å². The Morgan fingerprint density at radius 1 is 0.931 bits per heavy atom. The van der Waals surface area contributed by atoms with Gasteiger partial charge < -0.3 is 20.4 Å². The average Bonchev–Trinajstić information content (AvgIpc) is 3.02. The third kappa shape index (κ3) is 3.27. The predicted molar refractivity (Wildman–Crippen MR) is 110 cm³/mol. The Morgan fingerprint density at radius 2 is 1.59 bits per heavy atom. The zero-order valence-corrected chi connectivity index (χ0v) is 18.3. The molecule has 5 unspecified atom stereocenters. The Labute approximate surface area is 174 Å². The van der Waals surface area contributed by atoms with E-state index in [2.05, 4.69) is 20.8 Å². The highest BCUT2D eigenvalue weighted by atomic mass is 16.4. The standard InChI is InChI=1S/C24H40O5/c1-13(4-7-19(26)27)15-5-6-16-20-17(9-11-23(15,16)2)24(3)10-8-14(25)12-18(24)21(28)22(20)29/h13-18,20-22,25,28-29H,4-12H2,1-3H3,(H,26,27)/t13?,14-,15-,16?,17?,18?,20?,21-,22+,23-,24-/m1/s1. The van der Waals surface area contributed by atoms with Crippen LogP contribution in [-0.4, -0.2) is 44.7 Å². The SMILES string of the molecule is CC(CCC(=O)O)[C@H]1CCC2C3C(CC[C@@]21C)[C@@]1(C)CC[C@@H](O)CC1[C@@H](O)[C@H]3O. The van der Waals surface area contributed by atoms with Crippen molar-refractivity contribution in [3.63, 3.8) is 0 Å². The lowest BCUT2D eigenvalue weighted by Crippen LogP contribution is -2.64. The van der Waals surface area contributed by atoms with E-state index in [9.17, 15) is 20.1 Å². The first-order chi connectivity index (χ1) is 13.6. The molecule has 4 rings (SSSR count). The summed E-state index contributed by atoms with van der Waals surface area (Å²) >= 11 is 0. The second-order valence-corrected chi connectivity index (χ2v) is 11.5. The van der Waals surface area contributed by atoms with Gasteiger partial charge in [0.1, 0.15) is 0 Å². The number of aliphatic hydroxyl groups is 3. The van der Waals surface area contributed by atoms with Gasteiger partial charge in [0.15, 0.2) is 0 Å². The van der Waals surface area contributed by atoms with Gasteiger partial charge in [-0.05, 0) is 97.7 Å². The fraction of sp³-hybridized carbons (Fsp3) is 0.958. The molecule has 0 aromatic heterocycles. The van der Waals surface area contributed by atoms with Crippen molar-refractivity contribution in [2.24, 2.45) is 46.3 Å². The van der Waals surface area contributed by atoms with E-state index in [0.29, 0.717) is 30.1 Å². The van der Waals surface area contributed by atoms with E-state index in [1.54, 1.807) is 0 Å². The van der Waals surface area contributed by atoms with Gasteiger partial charge in [-0.15, -0.1) is 0 Å². The molecule has 0 radical (unpaired) electrons. The maximum absolute atomic E-state index is 11.3. The van der Waals surface area contributed by atoms with E-state index in [0.717, 1.165) is 44.9 Å². The molecular formula is C24H40O5. The number of aliphatic carboxylic acids is 1. The fourth-order valence-electron chi connectivity index (χ4n) is 8.77. The smallest absolute Gasteiger partial charge is 0.303 e. The molecule has 5 nitrogen and oxygen atoms in total. The first-order valence-electron chi connectivity index (χ1n) is 11.9. The lowest BCUT2D eigenvalue weighted by atomic mass is 9.43. The predicted octanol–water partition coefficient (Wildman–Crippen LogP) is 3.45. The van der Waals surface area contributed by atoms with Gasteiger partial charge >= 0.3 is 5.97 Å². The molecule has 11 atom stereocenters. The Hall–Kier alpha value is -0.650. The maximum atomic E-state index is 11.3. The van der Waals surface area contributed by atoms with Crippen LogP contribution in [0.4, 0.5) is 0 Å². The average molecular weight is 409 g/mol. The van der Waals surface area contributed by atoms with Gasteiger partial charge in [-0.2, -0.15) is 0 Å². The van der Waals surface area contributed by atoms with Crippen LogP contribution in [-0.2, 0) is 4.79 Å². The Kier molecular flexibility index (Phi) is 5.57. The molecule has 0 amide bonds. The summed E-state index contributed by atoms with van der Waals surface area (Å²) in [7, 11) is 0. The van der Waals surface area contributed by atoms with Crippen molar-refractivity contribution in [2.45, 2.75) is 96.9 Å². The molecule has 0 aliphatic heterocycles. The lowest BCUT2D eigenvalue weighted by Gasteiger charge is -2.63. The van der Waals surface area contributed by atoms with Crippen molar-refractivity contribution < 1.29 is 25.2 Å². The normalized spacial score (nSPS) is 52.9. The summed E-state index contributed by atoms with van der Waals surface area (Å²) in [5, 5.41) is 41.7. The van der Waals surface area contributed by atoms with E-state index >= 15 is 0 Å². The molecule has 0 heterocycles. The van der Waals surface area contributed by atoms with Crippen LogP contribution in [0.5, 0.6) is 0 Å². The lowest BCUT2D eigenvalue weighted by molar-refractivity contribution is -0.223. The summed E-state index contributed by atoms with van der Waals surface area (Å²) in [6.07, 6.45) is 5.87. The summed E-state index contributed by atoms with van der Waals surface area (Å²) in [5.74, 6) is 1.06. The highest BCUT2D eigenvalue weighted by molar-refractivity contribution is 5.66. The molecule has 4 saturated carbocycles. The quantitative estimate of drug-likeness (QED) is 0.571. The molecule has 0 bridgehead atoms. The van der Waals surface area contributed by atoms with Gasteiger partial charge in [0.2, 0.25) is 0 Å². The largest absolute Gasteiger partial charge is 0.481 e. The summed E-state index contributed by atoms with van der Waals surface area (Å²) in [5.41, 5.74) is 0.119. The van der Waals surface area contributed by atoms with Gasteiger partial charge in [0.05, 0.1) is 18.3 Å². The third-order valence-corrected chi connectivity index (χ3v) is 10.3. The van der Waals surface area contributed by atoms with Crippen LogP contribution in [0.2, 0.25) is 0 Å². The Balaban J connectivity index is 1.59. The summed E-state index contributed by atoms with van der Waals surface area (Å²) in [6, 6.07) is 0. The number of aliphatic hydroxyl groups excluding tert-OH is 3. The minimum absolute atomic E-state index is 0.00309. The molecule has 0 aromatic rings. The molecule has 0 saturated heterocycles. The summed E-state index contributed by atoms with van der Waals surface area (Å²) in [6.45, 7) is 6.89. The topological polar surface area (TPSA) is 98.0 Å². The van der Waals surface area contributed by atoms with Gasteiger partial charge in [-0.3, -0.25) is 4.79 Å². The minimum Gasteiger partial charge on any atom is -0.481 e. The molecule has 0 aromatic carbocycles. The zero-order chi connectivity index (χ0) is 21.1. The molecule has 29 heavy (non-hydrogen) atoms. The first-order valence-corrected chi connectivity index (χ1v) is 11.9. The van der Waals surface area contributed by atoms with Gasteiger partial charge in [-0.25, -0.2) is 0 Å². The highest BCUT2D eigenvalue weighted by Crippen LogP contribution is 2.68. The fourth-order valence-corrected chi connectivity index (χ4v) is 8.77. The van der Waals surface area contributed by atoms with E-state index in [-0.39, 0.29) is 35.2 Å². The van der Waals surface area contributed by atoms with E-state index in [1.165, 1.54) is 0 Å². The van der Waals surface area contributed by atoms with Crippen molar-refractivity contribution in [3.8, 4) is 0 Å². The van der Waals surface area contributed by atoms with Crippen LogP contribution >= 0.6 is 0 Å². The number of rotatable bonds is 4.